The highest BCUT2D eigenvalue weighted by Crippen LogP contribution is 2.17. The molecule has 1 aliphatic rings. The number of carbonyl (C=O) groups excluding carboxylic acids is 2. The maximum absolute atomic E-state index is 12.5. The standard InChI is InChI=1S/C20H25N3O4/c1-3-22(4-2)14-17-8-9-18(27-17)19(24)21-16-7-5-6-15(12-16)13-23-10-11-26-20(23)25/h5-9,12H,3-4,10-11,13-14H2,1-2H3,(H,21,24). The Bertz CT molecular complexity index is 798. The molecule has 0 bridgehead atoms. The minimum Gasteiger partial charge on any atom is -0.455 e. The molecule has 0 unspecified atom stereocenters. The molecule has 144 valence electrons. The fraction of sp³-hybridized carbons (Fsp3) is 0.400. The summed E-state index contributed by atoms with van der Waals surface area (Å²) in [5, 5.41) is 2.85. The van der Waals surface area contributed by atoms with Crippen molar-refractivity contribution in [3.05, 3.63) is 53.5 Å². The summed E-state index contributed by atoms with van der Waals surface area (Å²) in [5.74, 6) is 0.759. The van der Waals surface area contributed by atoms with E-state index in [2.05, 4.69) is 24.1 Å². The first-order chi connectivity index (χ1) is 13.1. The van der Waals surface area contributed by atoms with Crippen LogP contribution in [-0.4, -0.2) is 48.0 Å². The van der Waals surface area contributed by atoms with E-state index >= 15 is 0 Å². The van der Waals surface area contributed by atoms with E-state index in [1.807, 2.05) is 30.3 Å². The van der Waals surface area contributed by atoms with Gasteiger partial charge < -0.3 is 19.4 Å². The quantitative estimate of drug-likeness (QED) is 0.770. The molecule has 27 heavy (non-hydrogen) atoms. The lowest BCUT2D eigenvalue weighted by Gasteiger charge is -2.15. The second-order valence-corrected chi connectivity index (χ2v) is 6.42. The summed E-state index contributed by atoms with van der Waals surface area (Å²) in [6.45, 7) is 8.18. The number of cyclic esters (lactones) is 1. The number of hydrogen-bond acceptors (Lipinski definition) is 5. The van der Waals surface area contributed by atoms with Crippen molar-refractivity contribution in [3.8, 4) is 0 Å². The van der Waals surface area contributed by atoms with E-state index in [-0.39, 0.29) is 17.8 Å². The Morgan fingerprint density at radius 3 is 2.74 bits per heavy atom. The predicted molar refractivity (Wildman–Crippen MR) is 101 cm³/mol. The van der Waals surface area contributed by atoms with Crippen molar-refractivity contribution in [2.24, 2.45) is 0 Å². The van der Waals surface area contributed by atoms with E-state index in [9.17, 15) is 9.59 Å². The molecule has 7 nitrogen and oxygen atoms in total. The van der Waals surface area contributed by atoms with Crippen molar-refractivity contribution < 1.29 is 18.7 Å². The maximum atomic E-state index is 12.5. The maximum Gasteiger partial charge on any atom is 0.410 e. The van der Waals surface area contributed by atoms with Crippen LogP contribution in [-0.2, 0) is 17.8 Å². The van der Waals surface area contributed by atoms with Gasteiger partial charge in [-0.2, -0.15) is 0 Å². The molecule has 3 rings (SSSR count). The van der Waals surface area contributed by atoms with Gasteiger partial charge in [-0.15, -0.1) is 0 Å². The summed E-state index contributed by atoms with van der Waals surface area (Å²) < 4.78 is 10.6. The number of amides is 2. The minimum absolute atomic E-state index is 0.283. The zero-order valence-electron chi connectivity index (χ0n) is 15.7. The van der Waals surface area contributed by atoms with Gasteiger partial charge in [0.15, 0.2) is 5.76 Å². The second-order valence-electron chi connectivity index (χ2n) is 6.42. The van der Waals surface area contributed by atoms with Gasteiger partial charge in [0.1, 0.15) is 12.4 Å². The molecule has 0 atom stereocenters. The Balaban J connectivity index is 1.61. The fourth-order valence-electron chi connectivity index (χ4n) is 2.98. The molecule has 7 heteroatoms. The van der Waals surface area contributed by atoms with Crippen LogP contribution in [0.25, 0.3) is 0 Å². The van der Waals surface area contributed by atoms with Crippen LogP contribution in [0.3, 0.4) is 0 Å². The first-order valence-corrected chi connectivity index (χ1v) is 9.22. The van der Waals surface area contributed by atoms with Crippen molar-refractivity contribution in [3.63, 3.8) is 0 Å². The topological polar surface area (TPSA) is 75.0 Å². The van der Waals surface area contributed by atoms with Crippen LogP contribution < -0.4 is 5.32 Å². The number of carbonyl (C=O) groups is 2. The smallest absolute Gasteiger partial charge is 0.410 e. The lowest BCUT2D eigenvalue weighted by molar-refractivity contribution is 0.0993. The summed E-state index contributed by atoms with van der Waals surface area (Å²) in [4.78, 5) is 27.9. The lowest BCUT2D eigenvalue weighted by atomic mass is 10.2. The molecule has 1 aliphatic heterocycles. The van der Waals surface area contributed by atoms with Crippen molar-refractivity contribution >= 4 is 17.7 Å². The van der Waals surface area contributed by atoms with E-state index in [0.29, 0.717) is 31.9 Å². The molecule has 0 aliphatic carbocycles. The Hall–Kier alpha value is -2.80. The third-order valence-corrected chi connectivity index (χ3v) is 4.56. The van der Waals surface area contributed by atoms with Crippen LogP contribution in [0.4, 0.5) is 10.5 Å². The Kier molecular flexibility index (Phi) is 6.13. The molecule has 1 saturated heterocycles. The van der Waals surface area contributed by atoms with Gasteiger partial charge in [0.05, 0.1) is 13.1 Å². The molecule has 1 aromatic carbocycles. The molecule has 0 radical (unpaired) electrons. The van der Waals surface area contributed by atoms with Crippen molar-refractivity contribution in [1.29, 1.82) is 0 Å². The average molecular weight is 371 g/mol. The molecular formula is C20H25N3O4. The van der Waals surface area contributed by atoms with Crippen LogP contribution in [0.15, 0.2) is 40.8 Å². The summed E-state index contributed by atoms with van der Waals surface area (Å²) >= 11 is 0. The van der Waals surface area contributed by atoms with Crippen molar-refractivity contribution in [2.75, 3.05) is 31.6 Å². The average Bonchev–Trinajstić information content (AvgIpc) is 3.29. The molecule has 0 saturated carbocycles. The third kappa shape index (κ3) is 4.89. The number of nitrogens with one attached hydrogen (secondary N) is 1. The van der Waals surface area contributed by atoms with Crippen LogP contribution in [0, 0.1) is 0 Å². The minimum atomic E-state index is -0.305. The van der Waals surface area contributed by atoms with Gasteiger partial charge in [0.25, 0.3) is 5.91 Å². The van der Waals surface area contributed by atoms with Gasteiger partial charge in [-0.25, -0.2) is 4.79 Å². The van der Waals surface area contributed by atoms with E-state index < -0.39 is 0 Å². The van der Waals surface area contributed by atoms with Crippen LogP contribution >= 0.6 is 0 Å². The molecule has 2 aromatic rings. The van der Waals surface area contributed by atoms with Crippen LogP contribution in [0.2, 0.25) is 0 Å². The summed E-state index contributed by atoms with van der Waals surface area (Å²) in [5.41, 5.74) is 1.58. The molecule has 0 spiro atoms. The highest BCUT2D eigenvalue weighted by atomic mass is 16.6. The first kappa shape index (κ1) is 19.0. The van der Waals surface area contributed by atoms with Gasteiger partial charge in [0.2, 0.25) is 0 Å². The number of anilines is 1. The Labute approximate surface area is 158 Å². The third-order valence-electron chi connectivity index (χ3n) is 4.56. The van der Waals surface area contributed by atoms with Crippen LogP contribution in [0.5, 0.6) is 0 Å². The number of ether oxygens (including phenoxy) is 1. The Morgan fingerprint density at radius 1 is 1.22 bits per heavy atom. The van der Waals surface area contributed by atoms with Crippen molar-refractivity contribution in [2.45, 2.75) is 26.9 Å². The van der Waals surface area contributed by atoms with E-state index in [0.717, 1.165) is 24.4 Å². The largest absolute Gasteiger partial charge is 0.455 e. The van der Waals surface area contributed by atoms with E-state index in [1.54, 1.807) is 11.0 Å². The highest BCUT2D eigenvalue weighted by molar-refractivity contribution is 6.02. The number of nitrogens with zero attached hydrogens (tertiary/aromatic N) is 2. The number of benzene rings is 1. The molecule has 1 aromatic heterocycles. The fourth-order valence-corrected chi connectivity index (χ4v) is 2.98. The predicted octanol–water partition coefficient (Wildman–Crippen LogP) is 3.33. The number of hydrogen-bond donors (Lipinski definition) is 1. The molecular weight excluding hydrogens is 346 g/mol. The normalized spacial score (nSPS) is 13.9. The van der Waals surface area contributed by atoms with Gasteiger partial charge in [0, 0.05) is 12.2 Å². The summed E-state index contributed by atoms with van der Waals surface area (Å²) in [6.07, 6.45) is -0.305. The first-order valence-electron chi connectivity index (χ1n) is 9.22. The van der Waals surface area contributed by atoms with Gasteiger partial charge >= 0.3 is 6.09 Å². The second kappa shape index (κ2) is 8.73. The molecule has 1 N–H and O–H groups in total. The number of furan rings is 1. The monoisotopic (exact) mass is 371 g/mol. The SMILES string of the molecule is CCN(CC)Cc1ccc(C(=O)Nc2cccc(CN3CCOC3=O)c2)o1. The zero-order valence-corrected chi connectivity index (χ0v) is 15.7. The van der Waals surface area contributed by atoms with Gasteiger partial charge in [-0.3, -0.25) is 9.69 Å². The van der Waals surface area contributed by atoms with Gasteiger partial charge in [-0.1, -0.05) is 26.0 Å². The van der Waals surface area contributed by atoms with E-state index in [1.165, 1.54) is 0 Å². The molecule has 2 amide bonds. The van der Waals surface area contributed by atoms with Crippen molar-refractivity contribution in [1.82, 2.24) is 9.80 Å². The summed E-state index contributed by atoms with van der Waals surface area (Å²) in [7, 11) is 0. The number of rotatable bonds is 8. The van der Waals surface area contributed by atoms with Gasteiger partial charge in [-0.05, 0) is 42.9 Å². The summed E-state index contributed by atoms with van der Waals surface area (Å²) in [6, 6.07) is 10.9. The molecule has 1 fully saturated rings. The Morgan fingerprint density at radius 2 is 2.04 bits per heavy atom. The molecule has 2 heterocycles. The lowest BCUT2D eigenvalue weighted by Crippen LogP contribution is -2.23. The van der Waals surface area contributed by atoms with E-state index in [4.69, 9.17) is 9.15 Å². The zero-order chi connectivity index (χ0) is 19.2. The highest BCUT2D eigenvalue weighted by Gasteiger charge is 2.22. The van der Waals surface area contributed by atoms with Crippen LogP contribution in [0.1, 0.15) is 35.7 Å².